The van der Waals surface area contributed by atoms with E-state index in [9.17, 15) is 24.6 Å². The molecule has 8 heteroatoms. The predicted octanol–water partition coefficient (Wildman–Crippen LogP) is 0.515. The lowest BCUT2D eigenvalue weighted by atomic mass is 9.75. The molecule has 0 radical (unpaired) electrons. The SMILES string of the molecule is COc1ccc(CN2C(=O)C3C(C(=O)O)C4C=CC3(O4)C2C(=O)O)cc1. The Balaban J connectivity index is 1.71. The maximum Gasteiger partial charge on any atom is 0.329 e. The van der Waals surface area contributed by atoms with Crippen LogP contribution < -0.4 is 4.74 Å². The molecule has 0 saturated carbocycles. The molecule has 136 valence electrons. The Labute approximate surface area is 148 Å². The van der Waals surface area contributed by atoms with Crippen molar-refractivity contribution >= 4 is 17.8 Å². The Morgan fingerprint density at radius 2 is 1.92 bits per heavy atom. The number of carboxylic acid groups (broad SMARTS) is 2. The van der Waals surface area contributed by atoms with Crippen LogP contribution in [0.1, 0.15) is 5.56 Å². The number of hydrogen-bond acceptors (Lipinski definition) is 5. The first kappa shape index (κ1) is 16.6. The Morgan fingerprint density at radius 3 is 2.50 bits per heavy atom. The Hall–Kier alpha value is -2.87. The van der Waals surface area contributed by atoms with E-state index in [1.54, 1.807) is 36.4 Å². The molecule has 1 spiro atoms. The molecule has 3 heterocycles. The summed E-state index contributed by atoms with van der Waals surface area (Å²) in [6.07, 6.45) is 2.33. The number of methoxy groups -OCH3 is 1. The number of carbonyl (C=O) groups is 3. The number of amides is 1. The summed E-state index contributed by atoms with van der Waals surface area (Å²) in [5.74, 6) is -4.35. The zero-order chi connectivity index (χ0) is 18.6. The van der Waals surface area contributed by atoms with Gasteiger partial charge in [0.05, 0.1) is 19.1 Å². The van der Waals surface area contributed by atoms with Gasteiger partial charge in [-0.25, -0.2) is 4.79 Å². The summed E-state index contributed by atoms with van der Waals surface area (Å²) in [7, 11) is 1.53. The van der Waals surface area contributed by atoms with Gasteiger partial charge in [-0.3, -0.25) is 9.59 Å². The molecule has 0 aliphatic carbocycles. The van der Waals surface area contributed by atoms with Gasteiger partial charge >= 0.3 is 11.9 Å². The van der Waals surface area contributed by atoms with Crippen molar-refractivity contribution in [2.24, 2.45) is 11.8 Å². The topological polar surface area (TPSA) is 113 Å². The van der Waals surface area contributed by atoms with Crippen molar-refractivity contribution in [3.63, 3.8) is 0 Å². The zero-order valence-corrected chi connectivity index (χ0v) is 13.9. The molecule has 3 aliphatic heterocycles. The highest BCUT2D eigenvalue weighted by Gasteiger charge is 2.73. The van der Waals surface area contributed by atoms with Crippen LogP contribution in [-0.2, 0) is 25.7 Å². The Kier molecular flexibility index (Phi) is 3.55. The van der Waals surface area contributed by atoms with Gasteiger partial charge in [0.15, 0.2) is 6.04 Å². The summed E-state index contributed by atoms with van der Waals surface area (Å²) in [4.78, 5) is 37.8. The second-order valence-electron chi connectivity index (χ2n) is 6.69. The normalized spacial score (nSPS) is 34.2. The van der Waals surface area contributed by atoms with Gasteiger partial charge in [0.2, 0.25) is 5.91 Å². The molecule has 2 N–H and O–H groups in total. The molecule has 8 nitrogen and oxygen atoms in total. The van der Waals surface area contributed by atoms with Crippen molar-refractivity contribution in [1.29, 1.82) is 0 Å². The van der Waals surface area contributed by atoms with E-state index in [0.29, 0.717) is 11.3 Å². The molecule has 26 heavy (non-hydrogen) atoms. The van der Waals surface area contributed by atoms with Crippen LogP contribution >= 0.6 is 0 Å². The van der Waals surface area contributed by atoms with Gasteiger partial charge in [0.25, 0.3) is 0 Å². The molecule has 5 atom stereocenters. The first-order chi connectivity index (χ1) is 12.4. The number of benzene rings is 1. The van der Waals surface area contributed by atoms with Crippen molar-refractivity contribution in [2.75, 3.05) is 7.11 Å². The van der Waals surface area contributed by atoms with Crippen LogP contribution in [0.2, 0.25) is 0 Å². The van der Waals surface area contributed by atoms with E-state index in [2.05, 4.69) is 0 Å². The van der Waals surface area contributed by atoms with E-state index in [4.69, 9.17) is 9.47 Å². The predicted molar refractivity (Wildman–Crippen MR) is 86.3 cm³/mol. The third-order valence-electron chi connectivity index (χ3n) is 5.40. The number of rotatable bonds is 5. The van der Waals surface area contributed by atoms with Gasteiger partial charge in [-0.2, -0.15) is 0 Å². The molecule has 2 bridgehead atoms. The number of fused-ring (bicyclic) bond motifs is 1. The van der Waals surface area contributed by atoms with Crippen molar-refractivity contribution in [3.05, 3.63) is 42.0 Å². The monoisotopic (exact) mass is 359 g/mol. The lowest BCUT2D eigenvalue weighted by Crippen LogP contribution is -2.50. The third-order valence-corrected chi connectivity index (χ3v) is 5.40. The molecule has 2 fully saturated rings. The molecular weight excluding hydrogens is 342 g/mol. The number of likely N-dealkylation sites (tertiary alicyclic amines) is 1. The average molecular weight is 359 g/mol. The molecule has 1 amide bonds. The minimum absolute atomic E-state index is 0.0479. The van der Waals surface area contributed by atoms with Gasteiger partial charge < -0.3 is 24.6 Å². The molecular formula is C18H17NO7. The molecule has 4 rings (SSSR count). The van der Waals surface area contributed by atoms with E-state index in [1.807, 2.05) is 0 Å². The molecule has 1 aromatic rings. The number of aliphatic carboxylic acids is 2. The van der Waals surface area contributed by atoms with Crippen LogP contribution in [0, 0.1) is 11.8 Å². The van der Waals surface area contributed by atoms with E-state index in [0.717, 1.165) is 0 Å². The minimum Gasteiger partial charge on any atom is -0.497 e. The van der Waals surface area contributed by atoms with E-state index >= 15 is 0 Å². The van der Waals surface area contributed by atoms with E-state index in [1.165, 1.54) is 12.0 Å². The van der Waals surface area contributed by atoms with Crippen LogP contribution in [0.4, 0.5) is 0 Å². The fourth-order valence-corrected chi connectivity index (χ4v) is 4.33. The lowest BCUT2D eigenvalue weighted by molar-refractivity contribution is -0.153. The quantitative estimate of drug-likeness (QED) is 0.737. The average Bonchev–Trinajstić information content (AvgIpc) is 3.23. The second-order valence-corrected chi connectivity index (χ2v) is 6.69. The highest BCUT2D eigenvalue weighted by molar-refractivity contribution is 5.97. The maximum atomic E-state index is 13.0. The highest BCUT2D eigenvalue weighted by atomic mass is 16.5. The first-order valence-electron chi connectivity index (χ1n) is 8.15. The van der Waals surface area contributed by atoms with E-state index < -0.39 is 47.4 Å². The summed E-state index contributed by atoms with van der Waals surface area (Å²) < 4.78 is 10.8. The smallest absolute Gasteiger partial charge is 0.329 e. The highest BCUT2D eigenvalue weighted by Crippen LogP contribution is 2.55. The summed E-state index contributed by atoms with van der Waals surface area (Å²) in [5, 5.41) is 19.3. The van der Waals surface area contributed by atoms with Gasteiger partial charge in [-0.1, -0.05) is 24.3 Å². The molecule has 2 saturated heterocycles. The molecule has 1 aromatic carbocycles. The van der Waals surface area contributed by atoms with Crippen LogP contribution in [0.15, 0.2) is 36.4 Å². The van der Waals surface area contributed by atoms with Gasteiger partial charge in [0.1, 0.15) is 17.3 Å². The third kappa shape index (κ3) is 2.08. The van der Waals surface area contributed by atoms with Gasteiger partial charge in [0, 0.05) is 6.54 Å². The minimum atomic E-state index is -1.43. The van der Waals surface area contributed by atoms with Crippen LogP contribution in [0.3, 0.4) is 0 Å². The second kappa shape index (κ2) is 5.57. The number of carbonyl (C=O) groups excluding carboxylic acids is 1. The van der Waals surface area contributed by atoms with Crippen molar-refractivity contribution < 1.29 is 34.1 Å². The molecule has 3 aliphatic rings. The standard InChI is InChI=1S/C18H17NO7/c1-25-10-4-2-9(3-5-10)8-19-14(17(23)24)18-7-6-11(26-18)12(16(21)22)13(18)15(19)20/h2-7,11-14H,8H2,1H3,(H,21,22)(H,23,24). The van der Waals surface area contributed by atoms with Crippen molar-refractivity contribution in [1.82, 2.24) is 4.90 Å². The van der Waals surface area contributed by atoms with Crippen LogP contribution in [0.5, 0.6) is 5.75 Å². The first-order valence-corrected chi connectivity index (χ1v) is 8.15. The Morgan fingerprint density at radius 1 is 1.23 bits per heavy atom. The number of carboxylic acids is 2. The van der Waals surface area contributed by atoms with E-state index in [-0.39, 0.29) is 6.54 Å². The Bertz CT molecular complexity index is 817. The zero-order valence-electron chi connectivity index (χ0n) is 13.9. The fourth-order valence-electron chi connectivity index (χ4n) is 4.33. The molecule has 0 aromatic heterocycles. The number of nitrogens with zero attached hydrogens (tertiary/aromatic N) is 1. The van der Waals surface area contributed by atoms with Crippen LogP contribution in [0.25, 0.3) is 0 Å². The lowest BCUT2D eigenvalue weighted by Gasteiger charge is -2.29. The summed E-state index contributed by atoms with van der Waals surface area (Å²) >= 11 is 0. The van der Waals surface area contributed by atoms with Crippen LogP contribution in [-0.4, -0.2) is 57.8 Å². The summed E-state index contributed by atoms with van der Waals surface area (Å²) in [5.41, 5.74) is -0.712. The van der Waals surface area contributed by atoms with Gasteiger partial charge in [-0.05, 0) is 17.7 Å². The summed E-state index contributed by atoms with van der Waals surface area (Å²) in [6.45, 7) is 0.0479. The maximum absolute atomic E-state index is 13.0. The molecule has 5 unspecified atom stereocenters. The van der Waals surface area contributed by atoms with Gasteiger partial charge in [-0.15, -0.1) is 0 Å². The summed E-state index contributed by atoms with van der Waals surface area (Å²) in [6, 6.07) is 5.63. The van der Waals surface area contributed by atoms with Crippen molar-refractivity contribution in [3.8, 4) is 5.75 Å². The number of ether oxygens (including phenoxy) is 2. The largest absolute Gasteiger partial charge is 0.497 e. The fraction of sp³-hybridized carbons (Fsp3) is 0.389. The number of hydrogen-bond donors (Lipinski definition) is 2. The van der Waals surface area contributed by atoms with Crippen molar-refractivity contribution in [2.45, 2.75) is 24.3 Å².